The van der Waals surface area contributed by atoms with Gasteiger partial charge in [0.2, 0.25) is 0 Å². The van der Waals surface area contributed by atoms with E-state index in [1.807, 2.05) is 19.1 Å². The van der Waals surface area contributed by atoms with Gasteiger partial charge >= 0.3 is 0 Å². The maximum Gasteiger partial charge on any atom is 0.295 e. The number of nitrogens with zero attached hydrogens (tertiary/aromatic N) is 2. The van der Waals surface area contributed by atoms with Gasteiger partial charge in [-0.1, -0.05) is 35.9 Å². The van der Waals surface area contributed by atoms with Gasteiger partial charge < -0.3 is 15.1 Å². The van der Waals surface area contributed by atoms with Crippen LogP contribution in [-0.2, 0) is 9.59 Å². The Bertz CT molecular complexity index is 857. The van der Waals surface area contributed by atoms with Gasteiger partial charge in [0, 0.05) is 24.5 Å². The highest BCUT2D eigenvalue weighted by molar-refractivity contribution is 6.46. The number of aliphatic hydroxyl groups excluding tert-OH is 2. The third-order valence-electron chi connectivity index (χ3n) is 4.33. The SMILES string of the molecule is Cc1ccc(C(O)=C2C(=O)C(=O)N(C[C@@H](C)O)[C@@H]2c2cccnc2)cc1. The van der Waals surface area contributed by atoms with Gasteiger partial charge in [-0.05, 0) is 25.5 Å². The van der Waals surface area contributed by atoms with Gasteiger partial charge in [-0.15, -0.1) is 0 Å². The molecule has 6 nitrogen and oxygen atoms in total. The zero-order valence-electron chi connectivity index (χ0n) is 14.6. The lowest BCUT2D eigenvalue weighted by atomic mass is 9.96. The van der Waals surface area contributed by atoms with Crippen LogP contribution in [0.25, 0.3) is 5.76 Å². The lowest BCUT2D eigenvalue weighted by Crippen LogP contribution is -2.35. The molecule has 0 bridgehead atoms. The molecule has 3 rings (SSSR count). The number of pyridine rings is 1. The molecule has 134 valence electrons. The topological polar surface area (TPSA) is 90.7 Å². The minimum atomic E-state index is -0.813. The molecule has 2 heterocycles. The second-order valence-electron chi connectivity index (χ2n) is 6.45. The van der Waals surface area contributed by atoms with Crippen molar-refractivity contribution in [1.29, 1.82) is 0 Å². The van der Waals surface area contributed by atoms with Crippen molar-refractivity contribution in [2.75, 3.05) is 6.54 Å². The van der Waals surface area contributed by atoms with Crippen molar-refractivity contribution in [3.05, 3.63) is 71.1 Å². The Morgan fingerprint density at radius 3 is 2.50 bits per heavy atom. The molecule has 1 aliphatic rings. The van der Waals surface area contributed by atoms with Gasteiger partial charge in [0.25, 0.3) is 11.7 Å². The van der Waals surface area contributed by atoms with Crippen LogP contribution in [0.2, 0.25) is 0 Å². The second kappa shape index (κ2) is 7.09. The van der Waals surface area contributed by atoms with Crippen molar-refractivity contribution < 1.29 is 19.8 Å². The molecular weight excluding hydrogens is 332 g/mol. The number of rotatable bonds is 4. The number of ketones is 1. The largest absolute Gasteiger partial charge is 0.507 e. The number of hydrogen-bond acceptors (Lipinski definition) is 5. The number of β-amino-alcohol motifs (C(OH)–C–C–N with tert-alkyl or cyclic N) is 1. The van der Waals surface area contributed by atoms with Gasteiger partial charge in [-0.25, -0.2) is 0 Å². The van der Waals surface area contributed by atoms with E-state index in [1.165, 1.54) is 4.90 Å². The summed E-state index contributed by atoms with van der Waals surface area (Å²) in [4.78, 5) is 30.5. The van der Waals surface area contributed by atoms with Crippen molar-refractivity contribution in [2.45, 2.75) is 26.0 Å². The Morgan fingerprint density at radius 1 is 1.23 bits per heavy atom. The van der Waals surface area contributed by atoms with Crippen molar-refractivity contribution >= 4 is 17.4 Å². The van der Waals surface area contributed by atoms with Gasteiger partial charge in [0.1, 0.15) is 5.76 Å². The van der Waals surface area contributed by atoms with Crippen LogP contribution in [0.1, 0.15) is 29.7 Å². The Hall–Kier alpha value is -2.99. The van der Waals surface area contributed by atoms with Gasteiger partial charge in [-0.2, -0.15) is 0 Å². The molecule has 1 aromatic carbocycles. The molecule has 1 aromatic heterocycles. The summed E-state index contributed by atoms with van der Waals surface area (Å²) >= 11 is 0. The molecule has 0 saturated carbocycles. The van der Waals surface area contributed by atoms with Gasteiger partial charge in [-0.3, -0.25) is 14.6 Å². The van der Waals surface area contributed by atoms with Crippen LogP contribution in [0.3, 0.4) is 0 Å². The number of carbonyl (C=O) groups excluding carboxylic acids is 2. The van der Waals surface area contributed by atoms with Gasteiger partial charge in [0.05, 0.1) is 17.7 Å². The number of Topliss-reactive ketones (excluding diaryl/α,β-unsaturated/α-hetero) is 1. The molecule has 0 unspecified atom stereocenters. The van der Waals surface area contributed by atoms with E-state index in [1.54, 1.807) is 43.6 Å². The Labute approximate surface area is 151 Å². The summed E-state index contributed by atoms with van der Waals surface area (Å²) in [5.74, 6) is -1.74. The number of likely N-dealkylation sites (tertiary alicyclic amines) is 1. The Kier molecular flexibility index (Phi) is 4.86. The van der Waals surface area contributed by atoms with Crippen LogP contribution in [0, 0.1) is 6.92 Å². The predicted molar refractivity (Wildman–Crippen MR) is 96.1 cm³/mol. The number of aromatic nitrogens is 1. The molecule has 0 aliphatic carbocycles. The number of aryl methyl sites for hydroxylation is 1. The minimum absolute atomic E-state index is 0.00695. The summed E-state index contributed by atoms with van der Waals surface area (Å²) in [6.07, 6.45) is 2.32. The molecule has 1 fully saturated rings. The first kappa shape index (κ1) is 17.8. The van der Waals surface area contributed by atoms with E-state index in [0.29, 0.717) is 11.1 Å². The lowest BCUT2D eigenvalue weighted by Gasteiger charge is -2.26. The molecule has 2 N–H and O–H groups in total. The smallest absolute Gasteiger partial charge is 0.295 e. The lowest BCUT2D eigenvalue weighted by molar-refractivity contribution is -0.140. The summed E-state index contributed by atoms with van der Waals surface area (Å²) in [6.45, 7) is 3.44. The zero-order valence-corrected chi connectivity index (χ0v) is 14.6. The molecule has 1 amide bonds. The zero-order chi connectivity index (χ0) is 18.8. The van der Waals surface area contributed by atoms with Crippen LogP contribution in [0.4, 0.5) is 0 Å². The molecule has 0 radical (unpaired) electrons. The van der Waals surface area contributed by atoms with Crippen LogP contribution in [0.15, 0.2) is 54.4 Å². The summed E-state index contributed by atoms with van der Waals surface area (Å²) in [6, 6.07) is 9.68. The van der Waals surface area contributed by atoms with Crippen LogP contribution in [0.5, 0.6) is 0 Å². The average Bonchev–Trinajstić information content (AvgIpc) is 2.87. The summed E-state index contributed by atoms with van der Waals surface area (Å²) in [5, 5.41) is 20.5. The molecular formula is C20H20N2O4. The molecule has 26 heavy (non-hydrogen) atoms. The normalized spacial score (nSPS) is 20.4. The number of aliphatic hydroxyl groups is 2. The van der Waals surface area contributed by atoms with E-state index < -0.39 is 23.8 Å². The first-order chi connectivity index (χ1) is 12.4. The highest BCUT2D eigenvalue weighted by Gasteiger charge is 2.46. The quantitative estimate of drug-likeness (QED) is 0.500. The van der Waals surface area contributed by atoms with Crippen molar-refractivity contribution in [3.8, 4) is 0 Å². The monoisotopic (exact) mass is 352 g/mol. The fourth-order valence-corrected chi connectivity index (χ4v) is 3.10. The van der Waals surface area contributed by atoms with E-state index in [0.717, 1.165) is 5.56 Å². The third kappa shape index (κ3) is 3.23. The second-order valence-corrected chi connectivity index (χ2v) is 6.45. The van der Waals surface area contributed by atoms with E-state index in [-0.39, 0.29) is 17.9 Å². The molecule has 1 aliphatic heterocycles. The van der Waals surface area contributed by atoms with Crippen molar-refractivity contribution in [1.82, 2.24) is 9.88 Å². The van der Waals surface area contributed by atoms with Crippen molar-refractivity contribution in [3.63, 3.8) is 0 Å². The van der Waals surface area contributed by atoms with E-state index in [9.17, 15) is 19.8 Å². The van der Waals surface area contributed by atoms with Gasteiger partial charge in [0.15, 0.2) is 0 Å². The minimum Gasteiger partial charge on any atom is -0.507 e. The third-order valence-corrected chi connectivity index (χ3v) is 4.33. The first-order valence-electron chi connectivity index (χ1n) is 8.33. The molecule has 2 atom stereocenters. The number of benzene rings is 1. The van der Waals surface area contributed by atoms with Crippen LogP contribution < -0.4 is 0 Å². The molecule has 0 spiro atoms. The summed E-state index contributed by atoms with van der Waals surface area (Å²) in [7, 11) is 0. The Balaban J connectivity index is 2.17. The average molecular weight is 352 g/mol. The van der Waals surface area contributed by atoms with E-state index >= 15 is 0 Å². The molecule has 1 saturated heterocycles. The van der Waals surface area contributed by atoms with Crippen molar-refractivity contribution in [2.24, 2.45) is 0 Å². The summed E-state index contributed by atoms with van der Waals surface area (Å²) < 4.78 is 0. The summed E-state index contributed by atoms with van der Waals surface area (Å²) in [5.41, 5.74) is 2.08. The molecule has 6 heteroatoms. The standard InChI is InChI=1S/C20H20N2O4/c1-12-5-7-14(8-6-12)18(24)16-17(15-4-3-9-21-10-15)22(11-13(2)23)20(26)19(16)25/h3-10,13,17,23-24H,11H2,1-2H3/t13-,17-/m1/s1. The molecule has 2 aromatic rings. The fourth-order valence-electron chi connectivity index (χ4n) is 3.10. The number of hydrogen-bond donors (Lipinski definition) is 2. The highest BCUT2D eigenvalue weighted by Crippen LogP contribution is 2.39. The predicted octanol–water partition coefficient (Wildman–Crippen LogP) is 2.19. The Morgan fingerprint density at radius 2 is 1.92 bits per heavy atom. The number of amides is 1. The van der Waals surface area contributed by atoms with Crippen LogP contribution in [-0.4, -0.2) is 44.4 Å². The maximum atomic E-state index is 12.7. The highest BCUT2D eigenvalue weighted by atomic mass is 16.3. The maximum absolute atomic E-state index is 12.7. The van der Waals surface area contributed by atoms with E-state index in [2.05, 4.69) is 4.98 Å². The van der Waals surface area contributed by atoms with Crippen LogP contribution >= 0.6 is 0 Å². The van der Waals surface area contributed by atoms with E-state index in [4.69, 9.17) is 0 Å². The number of carbonyl (C=O) groups is 2. The fraction of sp³-hybridized carbons (Fsp3) is 0.250. The first-order valence-corrected chi connectivity index (χ1v) is 8.33.